The highest BCUT2D eigenvalue weighted by Gasteiger charge is 2.13. The van der Waals surface area contributed by atoms with Crippen LogP contribution in [0.1, 0.15) is 20.8 Å². The number of rotatable bonds is 3. The van der Waals surface area contributed by atoms with Gasteiger partial charge in [0, 0.05) is 20.5 Å². The molecule has 17 heavy (non-hydrogen) atoms. The fourth-order valence-electron chi connectivity index (χ4n) is 1.31. The summed E-state index contributed by atoms with van der Waals surface area (Å²) in [6.45, 7) is 6.13. The number of carbonyl (C=O) groups excluding carboxylic acids is 1. The maximum Gasteiger partial charge on any atom is 0.239 e. The number of anilines is 2. The van der Waals surface area contributed by atoms with E-state index in [1.165, 1.54) is 0 Å². The second kappa shape index (κ2) is 5.57. The summed E-state index contributed by atoms with van der Waals surface area (Å²) in [7, 11) is 0. The minimum atomic E-state index is -0.201. The van der Waals surface area contributed by atoms with Gasteiger partial charge in [0.05, 0.1) is 6.54 Å². The molecule has 1 aromatic carbocycles. The lowest BCUT2D eigenvalue weighted by Crippen LogP contribution is -2.43. The quantitative estimate of drug-likeness (QED) is 0.580. The number of hydrogen-bond donors (Lipinski definition) is 3. The largest absolute Gasteiger partial charge is 0.399 e. The summed E-state index contributed by atoms with van der Waals surface area (Å²) in [5, 5.41) is 5.98. The van der Waals surface area contributed by atoms with Crippen molar-refractivity contribution in [1.82, 2.24) is 5.32 Å². The van der Waals surface area contributed by atoms with Crippen LogP contribution in [0.4, 0.5) is 11.4 Å². The Morgan fingerprint density at radius 3 is 2.59 bits per heavy atom. The van der Waals surface area contributed by atoms with Crippen molar-refractivity contribution in [3.63, 3.8) is 0 Å². The van der Waals surface area contributed by atoms with Gasteiger partial charge in [-0.3, -0.25) is 4.79 Å². The van der Waals surface area contributed by atoms with Gasteiger partial charge in [-0.25, -0.2) is 0 Å². The summed E-state index contributed by atoms with van der Waals surface area (Å²) in [4.78, 5) is 11.6. The van der Waals surface area contributed by atoms with Crippen LogP contribution in [0.5, 0.6) is 0 Å². The average molecular weight is 347 g/mol. The van der Waals surface area contributed by atoms with Crippen molar-refractivity contribution < 1.29 is 4.79 Å². The van der Waals surface area contributed by atoms with E-state index in [0.29, 0.717) is 0 Å². The first-order valence-electron chi connectivity index (χ1n) is 5.38. The third-order valence-corrected chi connectivity index (χ3v) is 2.84. The van der Waals surface area contributed by atoms with E-state index < -0.39 is 0 Å². The molecule has 0 fully saturated rings. The van der Waals surface area contributed by atoms with E-state index in [1.54, 1.807) is 0 Å². The monoisotopic (exact) mass is 347 g/mol. The van der Waals surface area contributed by atoms with E-state index in [9.17, 15) is 4.79 Å². The van der Waals surface area contributed by atoms with E-state index in [4.69, 9.17) is 5.73 Å². The van der Waals surface area contributed by atoms with Crippen molar-refractivity contribution in [2.45, 2.75) is 26.3 Å². The smallest absolute Gasteiger partial charge is 0.239 e. The van der Waals surface area contributed by atoms with Gasteiger partial charge in [0.15, 0.2) is 0 Å². The number of nitrogens with one attached hydrogen (secondary N) is 2. The number of amides is 1. The van der Waals surface area contributed by atoms with Crippen LogP contribution in [0.2, 0.25) is 0 Å². The zero-order valence-electron chi connectivity index (χ0n) is 10.3. The topological polar surface area (TPSA) is 67.2 Å². The first kappa shape index (κ1) is 14.1. The van der Waals surface area contributed by atoms with Crippen LogP contribution in [-0.4, -0.2) is 18.0 Å². The summed E-state index contributed by atoms with van der Waals surface area (Å²) in [5.74, 6) is -0.0230. The lowest BCUT2D eigenvalue weighted by Gasteiger charge is -2.21. The lowest BCUT2D eigenvalue weighted by atomic mass is 10.1. The van der Waals surface area contributed by atoms with E-state index in [1.807, 2.05) is 39.0 Å². The Morgan fingerprint density at radius 2 is 2.06 bits per heavy atom. The van der Waals surface area contributed by atoms with Gasteiger partial charge >= 0.3 is 0 Å². The normalized spacial score (nSPS) is 11.1. The predicted molar refractivity (Wildman–Crippen MR) is 80.0 cm³/mol. The zero-order chi connectivity index (χ0) is 13.1. The number of carbonyl (C=O) groups is 1. The highest BCUT2D eigenvalue weighted by molar-refractivity contribution is 14.1. The van der Waals surface area contributed by atoms with Gasteiger partial charge in [0.1, 0.15) is 0 Å². The number of nitrogens with two attached hydrogens (primary N) is 1. The van der Waals surface area contributed by atoms with Crippen molar-refractivity contribution in [1.29, 1.82) is 0 Å². The molecule has 1 aromatic rings. The Hall–Kier alpha value is -0.980. The number of hydrogen-bond acceptors (Lipinski definition) is 3. The maximum absolute atomic E-state index is 11.6. The first-order chi connectivity index (χ1) is 7.78. The molecule has 0 spiro atoms. The van der Waals surface area contributed by atoms with Gasteiger partial charge in [-0.15, -0.1) is 0 Å². The molecule has 0 aliphatic rings. The SMILES string of the molecule is CC(C)(C)NC(=O)CNc1ccc(N)cc1I. The van der Waals surface area contributed by atoms with Crippen molar-refractivity contribution in [2.24, 2.45) is 0 Å². The summed E-state index contributed by atoms with van der Waals surface area (Å²) < 4.78 is 1.01. The molecule has 0 radical (unpaired) electrons. The van der Waals surface area contributed by atoms with E-state index in [0.717, 1.165) is 14.9 Å². The Labute approximate surface area is 115 Å². The molecule has 5 heteroatoms. The highest BCUT2D eigenvalue weighted by atomic mass is 127. The molecule has 4 nitrogen and oxygen atoms in total. The maximum atomic E-state index is 11.6. The first-order valence-corrected chi connectivity index (χ1v) is 6.46. The van der Waals surface area contributed by atoms with Crippen LogP contribution >= 0.6 is 22.6 Å². The summed E-state index contributed by atoms with van der Waals surface area (Å²) in [6.07, 6.45) is 0. The van der Waals surface area contributed by atoms with Gasteiger partial charge in [-0.05, 0) is 61.6 Å². The molecule has 0 aliphatic heterocycles. The van der Waals surface area contributed by atoms with E-state index >= 15 is 0 Å². The molecular formula is C12H18IN3O. The van der Waals surface area contributed by atoms with Gasteiger partial charge < -0.3 is 16.4 Å². The number of benzene rings is 1. The molecule has 0 aromatic heterocycles. The van der Waals surface area contributed by atoms with Gasteiger partial charge in [0.25, 0.3) is 0 Å². The minimum Gasteiger partial charge on any atom is -0.399 e. The summed E-state index contributed by atoms with van der Waals surface area (Å²) >= 11 is 2.19. The third kappa shape index (κ3) is 5.25. The van der Waals surface area contributed by atoms with Crippen LogP contribution < -0.4 is 16.4 Å². The van der Waals surface area contributed by atoms with E-state index in [-0.39, 0.29) is 18.0 Å². The molecule has 94 valence electrons. The Bertz CT molecular complexity index is 413. The molecule has 0 aliphatic carbocycles. The fraction of sp³-hybridized carbons (Fsp3) is 0.417. The molecule has 1 amide bonds. The van der Waals surface area contributed by atoms with Crippen molar-refractivity contribution >= 4 is 39.9 Å². The second-order valence-electron chi connectivity index (χ2n) is 4.89. The standard InChI is InChI=1S/C12H18IN3O/c1-12(2,3)16-11(17)7-15-10-5-4-8(14)6-9(10)13/h4-6,15H,7,14H2,1-3H3,(H,16,17). The summed E-state index contributed by atoms with van der Waals surface area (Å²) in [5.41, 5.74) is 7.10. The Balaban J connectivity index is 2.53. The van der Waals surface area contributed by atoms with Gasteiger partial charge in [-0.1, -0.05) is 0 Å². The highest BCUT2D eigenvalue weighted by Crippen LogP contribution is 2.20. The Kier molecular flexibility index (Phi) is 4.62. The Morgan fingerprint density at radius 1 is 1.41 bits per heavy atom. The number of halogens is 1. The number of nitrogen functional groups attached to an aromatic ring is 1. The third-order valence-electron chi connectivity index (χ3n) is 1.95. The van der Waals surface area contributed by atoms with Crippen LogP contribution in [0, 0.1) is 3.57 Å². The van der Waals surface area contributed by atoms with Crippen LogP contribution in [0.3, 0.4) is 0 Å². The molecule has 0 saturated heterocycles. The van der Waals surface area contributed by atoms with Crippen LogP contribution in [0.25, 0.3) is 0 Å². The minimum absolute atomic E-state index is 0.0230. The molecule has 0 heterocycles. The molecule has 1 rings (SSSR count). The van der Waals surface area contributed by atoms with Gasteiger partial charge in [-0.2, -0.15) is 0 Å². The van der Waals surface area contributed by atoms with Gasteiger partial charge in [0.2, 0.25) is 5.91 Å². The van der Waals surface area contributed by atoms with Crippen molar-refractivity contribution in [3.05, 3.63) is 21.8 Å². The lowest BCUT2D eigenvalue weighted by molar-refractivity contribution is -0.120. The predicted octanol–water partition coefficient (Wildman–Crippen LogP) is 2.20. The molecule has 0 saturated carbocycles. The van der Waals surface area contributed by atoms with Crippen molar-refractivity contribution in [2.75, 3.05) is 17.6 Å². The molecule has 0 atom stereocenters. The second-order valence-corrected chi connectivity index (χ2v) is 6.05. The van der Waals surface area contributed by atoms with Crippen molar-refractivity contribution in [3.8, 4) is 0 Å². The fourth-order valence-corrected chi connectivity index (χ4v) is 2.04. The molecule has 4 N–H and O–H groups in total. The molecular weight excluding hydrogens is 329 g/mol. The molecule has 0 bridgehead atoms. The van der Waals surface area contributed by atoms with Crippen LogP contribution in [-0.2, 0) is 4.79 Å². The summed E-state index contributed by atoms with van der Waals surface area (Å²) in [6, 6.07) is 5.55. The zero-order valence-corrected chi connectivity index (χ0v) is 12.5. The van der Waals surface area contributed by atoms with Crippen LogP contribution in [0.15, 0.2) is 18.2 Å². The van der Waals surface area contributed by atoms with E-state index in [2.05, 4.69) is 33.2 Å². The molecule has 0 unspecified atom stereocenters. The average Bonchev–Trinajstić information content (AvgIpc) is 2.13.